The zero-order valence-corrected chi connectivity index (χ0v) is 13.6. The molecule has 1 rings (SSSR count). The maximum atomic E-state index is 12.0. The molecule has 0 bridgehead atoms. The number of carbonyl (C=O) groups excluding carboxylic acids is 2. The Labute approximate surface area is 131 Å². The molecule has 0 saturated carbocycles. The van der Waals surface area contributed by atoms with Crippen molar-refractivity contribution < 1.29 is 19.1 Å². The van der Waals surface area contributed by atoms with Gasteiger partial charge in [-0.2, -0.15) is 0 Å². The Morgan fingerprint density at radius 2 is 1.95 bits per heavy atom. The highest BCUT2D eigenvalue weighted by molar-refractivity contribution is 5.97. The molecule has 0 fully saturated rings. The van der Waals surface area contributed by atoms with Crippen molar-refractivity contribution in [2.45, 2.75) is 20.3 Å². The number of nitrogens with one attached hydrogen (secondary N) is 2. The van der Waals surface area contributed by atoms with Crippen LogP contribution in [0.3, 0.4) is 0 Å². The number of benzene rings is 1. The first kappa shape index (κ1) is 17.8. The van der Waals surface area contributed by atoms with E-state index < -0.39 is 0 Å². The first-order valence-corrected chi connectivity index (χ1v) is 7.27. The van der Waals surface area contributed by atoms with Crippen molar-refractivity contribution in [1.82, 2.24) is 10.6 Å². The van der Waals surface area contributed by atoms with E-state index in [2.05, 4.69) is 24.5 Å². The summed E-state index contributed by atoms with van der Waals surface area (Å²) in [4.78, 5) is 23.1. The van der Waals surface area contributed by atoms with Crippen LogP contribution in [0.25, 0.3) is 0 Å². The van der Waals surface area contributed by atoms with Gasteiger partial charge >= 0.3 is 0 Å². The van der Waals surface area contributed by atoms with Crippen molar-refractivity contribution in [3.05, 3.63) is 23.8 Å². The minimum Gasteiger partial charge on any atom is -0.493 e. The Balaban J connectivity index is 2.70. The highest BCUT2D eigenvalue weighted by atomic mass is 16.5. The Kier molecular flexibility index (Phi) is 7.22. The topological polar surface area (TPSA) is 76.7 Å². The minimum absolute atomic E-state index is 0.0652. The molecular formula is C16H24N2O4. The summed E-state index contributed by atoms with van der Waals surface area (Å²) in [7, 11) is 3.04. The molecule has 0 aliphatic rings. The maximum absolute atomic E-state index is 12.0. The molecule has 0 atom stereocenters. The lowest BCUT2D eigenvalue weighted by Gasteiger charge is -2.13. The lowest BCUT2D eigenvalue weighted by atomic mass is 10.1. The Morgan fingerprint density at radius 1 is 1.23 bits per heavy atom. The van der Waals surface area contributed by atoms with Gasteiger partial charge in [0.2, 0.25) is 5.91 Å². The largest absolute Gasteiger partial charge is 0.493 e. The molecule has 0 radical (unpaired) electrons. The fourth-order valence-corrected chi connectivity index (χ4v) is 1.68. The molecule has 6 nitrogen and oxygen atoms in total. The van der Waals surface area contributed by atoms with Crippen LogP contribution in [-0.4, -0.2) is 39.1 Å². The molecule has 122 valence electrons. The van der Waals surface area contributed by atoms with Crippen LogP contribution in [-0.2, 0) is 4.79 Å². The van der Waals surface area contributed by atoms with E-state index in [1.165, 1.54) is 14.2 Å². The zero-order chi connectivity index (χ0) is 16.5. The third kappa shape index (κ3) is 5.63. The van der Waals surface area contributed by atoms with E-state index in [1.807, 2.05) is 0 Å². The molecule has 22 heavy (non-hydrogen) atoms. The summed E-state index contributed by atoms with van der Waals surface area (Å²) >= 11 is 0. The van der Waals surface area contributed by atoms with E-state index in [1.54, 1.807) is 18.2 Å². The van der Waals surface area contributed by atoms with Crippen molar-refractivity contribution in [1.29, 1.82) is 0 Å². The summed E-state index contributed by atoms with van der Waals surface area (Å²) in [6.07, 6.45) is 0.942. The maximum Gasteiger partial charge on any atom is 0.251 e. The van der Waals surface area contributed by atoms with Crippen molar-refractivity contribution in [3.8, 4) is 11.5 Å². The second kappa shape index (κ2) is 8.92. The molecule has 1 aromatic rings. The summed E-state index contributed by atoms with van der Waals surface area (Å²) in [5, 5.41) is 4.97. The lowest BCUT2D eigenvalue weighted by molar-refractivity contribution is -0.119. The minimum atomic E-state index is -0.337. The standard InChI is InChI=1S/C16H24N2O4/c1-11(2)7-8-22-13-6-5-12(9-14(13)21-4)16(20)18-10-15(19)17-3/h5-6,9,11H,7-8,10H2,1-4H3,(H,17,19)(H,18,20). The van der Waals surface area contributed by atoms with Gasteiger partial charge in [0.1, 0.15) is 0 Å². The second-order valence-electron chi connectivity index (χ2n) is 5.25. The van der Waals surface area contributed by atoms with E-state index in [-0.39, 0.29) is 18.4 Å². The summed E-state index contributed by atoms with van der Waals surface area (Å²) in [6, 6.07) is 4.95. The third-order valence-corrected chi connectivity index (χ3v) is 3.07. The van der Waals surface area contributed by atoms with Gasteiger partial charge < -0.3 is 20.1 Å². The highest BCUT2D eigenvalue weighted by Crippen LogP contribution is 2.28. The summed E-state index contributed by atoms with van der Waals surface area (Å²) in [5.41, 5.74) is 0.414. The summed E-state index contributed by atoms with van der Waals surface area (Å²) in [6.45, 7) is 4.78. The molecule has 0 heterocycles. The van der Waals surface area contributed by atoms with Crippen LogP contribution < -0.4 is 20.1 Å². The van der Waals surface area contributed by atoms with Crippen molar-refractivity contribution >= 4 is 11.8 Å². The molecule has 0 unspecified atom stereocenters. The van der Waals surface area contributed by atoms with E-state index in [9.17, 15) is 9.59 Å². The summed E-state index contributed by atoms with van der Waals surface area (Å²) < 4.78 is 10.9. The molecule has 2 amide bonds. The van der Waals surface area contributed by atoms with Crippen LogP contribution in [0.5, 0.6) is 11.5 Å². The van der Waals surface area contributed by atoms with Gasteiger partial charge in [0.25, 0.3) is 5.91 Å². The SMILES string of the molecule is CNC(=O)CNC(=O)c1ccc(OCCC(C)C)c(OC)c1. The molecule has 0 spiro atoms. The number of amides is 2. The summed E-state index contributed by atoms with van der Waals surface area (Å²) in [5.74, 6) is 1.06. The zero-order valence-electron chi connectivity index (χ0n) is 13.6. The van der Waals surface area contributed by atoms with Gasteiger partial charge in [-0.15, -0.1) is 0 Å². The van der Waals surface area contributed by atoms with Gasteiger partial charge in [-0.25, -0.2) is 0 Å². The van der Waals surface area contributed by atoms with Crippen LogP contribution in [0.15, 0.2) is 18.2 Å². The molecule has 1 aromatic carbocycles. The van der Waals surface area contributed by atoms with Crippen LogP contribution in [0, 0.1) is 5.92 Å². The number of likely N-dealkylation sites (N-methyl/N-ethyl adjacent to an activating group) is 1. The quantitative estimate of drug-likeness (QED) is 0.765. The number of carbonyl (C=O) groups is 2. The Hall–Kier alpha value is -2.24. The van der Waals surface area contributed by atoms with Gasteiger partial charge in [0.15, 0.2) is 11.5 Å². The van der Waals surface area contributed by atoms with Crippen LogP contribution in [0.1, 0.15) is 30.6 Å². The van der Waals surface area contributed by atoms with E-state index in [0.717, 1.165) is 6.42 Å². The molecule has 0 aliphatic heterocycles. The predicted octanol–water partition coefficient (Wildman–Crippen LogP) is 1.60. The van der Waals surface area contributed by atoms with E-state index >= 15 is 0 Å². The number of hydrogen-bond acceptors (Lipinski definition) is 4. The number of rotatable bonds is 8. The molecule has 0 aliphatic carbocycles. The number of methoxy groups -OCH3 is 1. The van der Waals surface area contributed by atoms with Gasteiger partial charge in [-0.1, -0.05) is 13.8 Å². The second-order valence-corrected chi connectivity index (χ2v) is 5.25. The first-order chi connectivity index (χ1) is 10.5. The van der Waals surface area contributed by atoms with Crippen LogP contribution in [0.2, 0.25) is 0 Å². The Bertz CT molecular complexity index is 515. The Morgan fingerprint density at radius 3 is 2.55 bits per heavy atom. The highest BCUT2D eigenvalue weighted by Gasteiger charge is 2.12. The molecule has 6 heteroatoms. The first-order valence-electron chi connectivity index (χ1n) is 7.27. The monoisotopic (exact) mass is 308 g/mol. The van der Waals surface area contributed by atoms with Crippen LogP contribution >= 0.6 is 0 Å². The van der Waals surface area contributed by atoms with Gasteiger partial charge in [-0.3, -0.25) is 9.59 Å². The lowest BCUT2D eigenvalue weighted by Crippen LogP contribution is -2.35. The van der Waals surface area contributed by atoms with Gasteiger partial charge in [0.05, 0.1) is 20.3 Å². The van der Waals surface area contributed by atoms with E-state index in [4.69, 9.17) is 9.47 Å². The molecule has 2 N–H and O–H groups in total. The molecule has 0 aromatic heterocycles. The molecule has 0 saturated heterocycles. The fourth-order valence-electron chi connectivity index (χ4n) is 1.68. The number of ether oxygens (including phenoxy) is 2. The average Bonchev–Trinajstić information content (AvgIpc) is 2.51. The van der Waals surface area contributed by atoms with Gasteiger partial charge in [-0.05, 0) is 30.5 Å². The van der Waals surface area contributed by atoms with Crippen molar-refractivity contribution in [2.75, 3.05) is 27.3 Å². The number of hydrogen-bond donors (Lipinski definition) is 2. The van der Waals surface area contributed by atoms with E-state index in [0.29, 0.717) is 29.6 Å². The predicted molar refractivity (Wildman–Crippen MR) is 84.3 cm³/mol. The molecular weight excluding hydrogens is 284 g/mol. The van der Waals surface area contributed by atoms with Crippen molar-refractivity contribution in [3.63, 3.8) is 0 Å². The third-order valence-electron chi connectivity index (χ3n) is 3.07. The fraction of sp³-hybridized carbons (Fsp3) is 0.500. The smallest absolute Gasteiger partial charge is 0.251 e. The average molecular weight is 308 g/mol. The van der Waals surface area contributed by atoms with Crippen molar-refractivity contribution in [2.24, 2.45) is 5.92 Å². The van der Waals surface area contributed by atoms with Gasteiger partial charge in [0, 0.05) is 12.6 Å². The normalized spacial score (nSPS) is 10.2. The van der Waals surface area contributed by atoms with Crippen LogP contribution in [0.4, 0.5) is 0 Å².